The van der Waals surface area contributed by atoms with E-state index in [1.165, 1.54) is 0 Å². The maximum Gasteiger partial charge on any atom is 0.328 e. The Kier molecular flexibility index (Phi) is 3.39. The van der Waals surface area contributed by atoms with Crippen LogP contribution in [-0.2, 0) is 4.79 Å². The lowest BCUT2D eigenvalue weighted by Gasteiger charge is -2.04. The first-order valence-corrected chi connectivity index (χ1v) is 5.67. The van der Waals surface area contributed by atoms with Gasteiger partial charge >= 0.3 is 5.97 Å². The van der Waals surface area contributed by atoms with Crippen molar-refractivity contribution in [2.75, 3.05) is 0 Å². The summed E-state index contributed by atoms with van der Waals surface area (Å²) >= 11 is 3.32. The second kappa shape index (κ2) is 4.97. The van der Waals surface area contributed by atoms with E-state index in [0.717, 1.165) is 21.8 Å². The van der Waals surface area contributed by atoms with Gasteiger partial charge in [-0.3, -0.25) is 0 Å². The third-order valence-corrected chi connectivity index (χ3v) is 2.55. The Morgan fingerprint density at radius 2 is 2.18 bits per heavy atom. The van der Waals surface area contributed by atoms with Gasteiger partial charge in [0.1, 0.15) is 0 Å². The van der Waals surface area contributed by atoms with Gasteiger partial charge in [-0.05, 0) is 28.1 Å². The first-order chi connectivity index (χ1) is 8.16. The second-order valence-corrected chi connectivity index (χ2v) is 4.25. The molecule has 0 unspecified atom stereocenters. The molecule has 0 amide bonds. The summed E-state index contributed by atoms with van der Waals surface area (Å²) in [7, 11) is 0. The van der Waals surface area contributed by atoms with Crippen molar-refractivity contribution in [2.24, 2.45) is 0 Å². The second-order valence-electron chi connectivity index (χ2n) is 3.33. The lowest BCUT2D eigenvalue weighted by molar-refractivity contribution is -0.131. The lowest BCUT2D eigenvalue weighted by atomic mass is 10.1. The molecule has 0 spiro atoms. The topological polar surface area (TPSA) is 55.1 Å². The molecule has 0 fully saturated rings. The highest BCUT2D eigenvalue weighted by Crippen LogP contribution is 2.17. The molecule has 17 heavy (non-hydrogen) atoms. The van der Waals surface area contributed by atoms with Gasteiger partial charge in [-0.2, -0.15) is 5.10 Å². The Morgan fingerprint density at radius 1 is 1.41 bits per heavy atom. The maximum atomic E-state index is 10.5. The van der Waals surface area contributed by atoms with Crippen LogP contribution < -0.4 is 0 Å². The van der Waals surface area contributed by atoms with Gasteiger partial charge in [0.05, 0.1) is 16.4 Å². The number of rotatable bonds is 3. The molecule has 86 valence electrons. The van der Waals surface area contributed by atoms with E-state index in [0.29, 0.717) is 0 Å². The Bertz CT molecular complexity index is 575. The zero-order valence-corrected chi connectivity index (χ0v) is 10.3. The van der Waals surface area contributed by atoms with Gasteiger partial charge in [0, 0.05) is 17.8 Å². The summed E-state index contributed by atoms with van der Waals surface area (Å²) in [6, 6.07) is 7.44. The fourth-order valence-corrected chi connectivity index (χ4v) is 1.72. The van der Waals surface area contributed by atoms with Gasteiger partial charge in [0.15, 0.2) is 0 Å². The molecule has 0 radical (unpaired) electrons. The molecule has 5 heteroatoms. The first-order valence-electron chi connectivity index (χ1n) is 4.87. The molecule has 0 aliphatic carbocycles. The summed E-state index contributed by atoms with van der Waals surface area (Å²) in [4.78, 5) is 10.5. The SMILES string of the molecule is O=C(O)/C=C/c1ccccc1-n1cc(Br)cn1. The van der Waals surface area contributed by atoms with Crippen LogP contribution in [0.1, 0.15) is 5.56 Å². The molecule has 0 saturated heterocycles. The molecular weight excluding hydrogens is 284 g/mol. The van der Waals surface area contributed by atoms with Crippen molar-refractivity contribution < 1.29 is 9.90 Å². The van der Waals surface area contributed by atoms with E-state index in [9.17, 15) is 4.79 Å². The smallest absolute Gasteiger partial charge is 0.328 e. The molecule has 0 aliphatic heterocycles. The third-order valence-electron chi connectivity index (χ3n) is 2.14. The number of hydrogen-bond acceptors (Lipinski definition) is 2. The van der Waals surface area contributed by atoms with E-state index in [1.807, 2.05) is 30.5 Å². The summed E-state index contributed by atoms with van der Waals surface area (Å²) < 4.78 is 2.56. The summed E-state index contributed by atoms with van der Waals surface area (Å²) in [6.45, 7) is 0. The number of benzene rings is 1. The number of aliphatic carboxylic acids is 1. The highest BCUT2D eigenvalue weighted by Gasteiger charge is 2.03. The largest absolute Gasteiger partial charge is 0.478 e. The fraction of sp³-hybridized carbons (Fsp3) is 0. The van der Waals surface area contributed by atoms with E-state index in [1.54, 1.807) is 17.0 Å². The number of aromatic nitrogens is 2. The van der Waals surface area contributed by atoms with Crippen molar-refractivity contribution in [1.82, 2.24) is 9.78 Å². The van der Waals surface area contributed by atoms with Gasteiger partial charge in [-0.25, -0.2) is 9.48 Å². The van der Waals surface area contributed by atoms with Crippen LogP contribution >= 0.6 is 15.9 Å². The van der Waals surface area contributed by atoms with Crippen molar-refractivity contribution in [3.63, 3.8) is 0 Å². The zero-order chi connectivity index (χ0) is 12.3. The molecule has 0 bridgehead atoms. The molecule has 1 aromatic carbocycles. The van der Waals surface area contributed by atoms with Crippen LogP contribution in [0.4, 0.5) is 0 Å². The number of nitrogens with zero attached hydrogens (tertiary/aromatic N) is 2. The minimum Gasteiger partial charge on any atom is -0.478 e. The highest BCUT2D eigenvalue weighted by molar-refractivity contribution is 9.10. The minimum atomic E-state index is -0.971. The summed E-state index contributed by atoms with van der Waals surface area (Å²) in [5.41, 5.74) is 1.63. The molecule has 2 aromatic rings. The van der Waals surface area contributed by atoms with Crippen molar-refractivity contribution in [1.29, 1.82) is 0 Å². The summed E-state index contributed by atoms with van der Waals surface area (Å²) in [6.07, 6.45) is 6.15. The molecule has 1 N–H and O–H groups in total. The molecular formula is C12H9BrN2O2. The zero-order valence-electron chi connectivity index (χ0n) is 8.75. The third kappa shape index (κ3) is 2.82. The van der Waals surface area contributed by atoms with Gasteiger partial charge in [0.25, 0.3) is 0 Å². The van der Waals surface area contributed by atoms with Crippen molar-refractivity contribution in [3.8, 4) is 5.69 Å². The van der Waals surface area contributed by atoms with Crippen molar-refractivity contribution in [2.45, 2.75) is 0 Å². The van der Waals surface area contributed by atoms with Gasteiger partial charge in [-0.15, -0.1) is 0 Å². The first kappa shape index (κ1) is 11.6. The van der Waals surface area contributed by atoms with Crippen LogP contribution in [0.3, 0.4) is 0 Å². The van der Waals surface area contributed by atoms with E-state index in [-0.39, 0.29) is 0 Å². The Balaban J connectivity index is 2.44. The fourth-order valence-electron chi connectivity index (χ4n) is 1.43. The highest BCUT2D eigenvalue weighted by atomic mass is 79.9. The molecule has 0 saturated carbocycles. The van der Waals surface area contributed by atoms with Gasteiger partial charge in [-0.1, -0.05) is 18.2 Å². The monoisotopic (exact) mass is 292 g/mol. The van der Waals surface area contributed by atoms with Crippen molar-refractivity contribution in [3.05, 3.63) is 52.8 Å². The summed E-state index contributed by atoms with van der Waals surface area (Å²) in [5.74, 6) is -0.971. The van der Waals surface area contributed by atoms with E-state index in [2.05, 4.69) is 21.0 Å². The average Bonchev–Trinajstić information content (AvgIpc) is 2.73. The van der Waals surface area contributed by atoms with Crippen LogP contribution in [0.2, 0.25) is 0 Å². The van der Waals surface area contributed by atoms with Crippen LogP contribution in [-0.4, -0.2) is 20.9 Å². The molecule has 1 heterocycles. The van der Waals surface area contributed by atoms with E-state index < -0.39 is 5.97 Å². The predicted octanol–water partition coefficient (Wildman–Crippen LogP) is 2.73. The normalized spacial score (nSPS) is 10.9. The molecule has 0 atom stereocenters. The van der Waals surface area contributed by atoms with Crippen LogP contribution in [0.15, 0.2) is 47.2 Å². The van der Waals surface area contributed by atoms with Crippen LogP contribution in [0, 0.1) is 0 Å². The number of carboxylic acids is 1. The van der Waals surface area contributed by atoms with Crippen molar-refractivity contribution >= 4 is 28.0 Å². The molecule has 2 rings (SSSR count). The van der Waals surface area contributed by atoms with E-state index in [4.69, 9.17) is 5.11 Å². The summed E-state index contributed by atoms with van der Waals surface area (Å²) in [5, 5.41) is 12.8. The number of hydrogen-bond donors (Lipinski definition) is 1. The quantitative estimate of drug-likeness (QED) is 0.885. The molecule has 4 nitrogen and oxygen atoms in total. The minimum absolute atomic E-state index is 0.797. The number of para-hydroxylation sites is 1. The molecule has 1 aromatic heterocycles. The molecule has 0 aliphatic rings. The Labute approximate surface area is 106 Å². The predicted molar refractivity (Wildman–Crippen MR) is 67.9 cm³/mol. The number of carboxylic acid groups (broad SMARTS) is 1. The van der Waals surface area contributed by atoms with Crippen LogP contribution in [0.25, 0.3) is 11.8 Å². The Hall–Kier alpha value is -1.88. The van der Waals surface area contributed by atoms with Crippen LogP contribution in [0.5, 0.6) is 0 Å². The standard InChI is InChI=1S/C12H9BrN2O2/c13-10-7-14-15(8-10)11-4-2-1-3-9(11)5-6-12(16)17/h1-8H,(H,16,17)/b6-5+. The lowest BCUT2D eigenvalue weighted by Crippen LogP contribution is -1.97. The average molecular weight is 293 g/mol. The van der Waals surface area contributed by atoms with E-state index >= 15 is 0 Å². The number of carbonyl (C=O) groups is 1. The number of halogens is 1. The van der Waals surface area contributed by atoms with Gasteiger partial charge < -0.3 is 5.11 Å². The van der Waals surface area contributed by atoms with Gasteiger partial charge in [0.2, 0.25) is 0 Å². The Morgan fingerprint density at radius 3 is 2.82 bits per heavy atom. The maximum absolute atomic E-state index is 10.5.